The summed E-state index contributed by atoms with van der Waals surface area (Å²) >= 11 is 12.6. The van der Waals surface area contributed by atoms with Gasteiger partial charge in [-0.15, -0.1) is 0 Å². The van der Waals surface area contributed by atoms with Crippen LogP contribution in [0.3, 0.4) is 0 Å². The van der Waals surface area contributed by atoms with Gasteiger partial charge in [-0.25, -0.2) is 9.88 Å². The molecule has 2 fully saturated rings. The highest BCUT2D eigenvalue weighted by Crippen LogP contribution is 2.56. The standard InChI is InChI=1S/C30H24Cl2N4O3/c1-15(2)11-22-24-25(28(39)35(27(24)38)18-13-16(31)12-17(32)14-18)30(34-22)20-8-4-6-10-23(20)36-26(37)19-7-3-5-9-21(19)33-29(30)36/h3-10,12-15,22,24-25,34H,11H2,1-2H3/t22-,24-,25+,30+/m0/s1. The number of carbonyl (C=O) groups is 2. The van der Waals surface area contributed by atoms with Crippen molar-refractivity contribution < 1.29 is 9.59 Å². The van der Waals surface area contributed by atoms with E-state index in [4.69, 9.17) is 28.2 Å². The van der Waals surface area contributed by atoms with Crippen molar-refractivity contribution in [3.05, 3.63) is 98.5 Å². The maximum Gasteiger partial charge on any atom is 0.266 e. The Morgan fingerprint density at radius 2 is 1.64 bits per heavy atom. The lowest BCUT2D eigenvalue weighted by molar-refractivity contribution is -0.123. The third kappa shape index (κ3) is 3.27. The number of para-hydroxylation sites is 2. The van der Waals surface area contributed by atoms with E-state index in [1.54, 1.807) is 34.9 Å². The number of imide groups is 1. The van der Waals surface area contributed by atoms with Crippen molar-refractivity contribution in [2.75, 3.05) is 4.90 Å². The largest absolute Gasteiger partial charge is 0.297 e. The Labute approximate surface area is 234 Å². The van der Waals surface area contributed by atoms with E-state index >= 15 is 0 Å². The number of carbonyl (C=O) groups excluding carboxylic acids is 2. The Balaban J connectivity index is 1.52. The van der Waals surface area contributed by atoms with E-state index in [1.165, 1.54) is 4.90 Å². The number of hydrogen-bond acceptors (Lipinski definition) is 5. The molecule has 0 unspecified atom stereocenters. The molecule has 2 saturated heterocycles. The summed E-state index contributed by atoms with van der Waals surface area (Å²) in [5.74, 6) is -1.49. The molecule has 3 aromatic carbocycles. The zero-order valence-corrected chi connectivity index (χ0v) is 22.7. The van der Waals surface area contributed by atoms with Gasteiger partial charge in [0.15, 0.2) is 0 Å². The molecule has 4 heterocycles. The van der Waals surface area contributed by atoms with Crippen LogP contribution >= 0.6 is 23.2 Å². The molecule has 0 saturated carbocycles. The minimum atomic E-state index is -1.17. The van der Waals surface area contributed by atoms with Gasteiger partial charge >= 0.3 is 0 Å². The van der Waals surface area contributed by atoms with Crippen LogP contribution in [0.4, 0.5) is 5.69 Å². The summed E-state index contributed by atoms with van der Waals surface area (Å²) in [7, 11) is 0. The second-order valence-electron chi connectivity index (χ2n) is 10.9. The minimum Gasteiger partial charge on any atom is -0.297 e. The van der Waals surface area contributed by atoms with Crippen molar-refractivity contribution in [1.29, 1.82) is 0 Å². The Morgan fingerprint density at radius 1 is 0.949 bits per heavy atom. The molecule has 196 valence electrons. The van der Waals surface area contributed by atoms with Crippen molar-refractivity contribution in [2.45, 2.75) is 31.8 Å². The average molecular weight is 559 g/mol. The van der Waals surface area contributed by atoms with Gasteiger partial charge in [-0.2, -0.15) is 0 Å². The monoisotopic (exact) mass is 558 g/mol. The summed E-state index contributed by atoms with van der Waals surface area (Å²) in [6, 6.07) is 19.1. The number of anilines is 1. The third-order valence-corrected chi connectivity index (χ3v) is 8.63. The smallest absolute Gasteiger partial charge is 0.266 e. The predicted octanol–water partition coefficient (Wildman–Crippen LogP) is 5.07. The fraction of sp³-hybridized carbons (Fsp3) is 0.267. The molecule has 4 aromatic rings. The van der Waals surface area contributed by atoms with Gasteiger partial charge < -0.3 is 0 Å². The zero-order valence-electron chi connectivity index (χ0n) is 21.2. The molecule has 1 aromatic heterocycles. The normalized spacial score (nSPS) is 25.2. The van der Waals surface area contributed by atoms with Crippen molar-refractivity contribution in [3.8, 4) is 5.69 Å². The lowest BCUT2D eigenvalue weighted by Gasteiger charge is -2.32. The van der Waals surface area contributed by atoms with Gasteiger partial charge in [0.2, 0.25) is 11.8 Å². The SMILES string of the molecule is CC(C)C[C@@H]1N[C@]2(c3ccccc3-n3c2nc2ccccc2c3=O)[C@H]2C(=O)N(c3cc(Cl)cc(Cl)c3)C(=O)[C@@H]12. The number of nitrogens with zero attached hydrogens (tertiary/aromatic N) is 3. The second kappa shape index (κ2) is 8.49. The van der Waals surface area contributed by atoms with Crippen LogP contribution in [0, 0.1) is 17.8 Å². The molecule has 1 spiro atoms. The van der Waals surface area contributed by atoms with E-state index in [0.29, 0.717) is 44.6 Å². The van der Waals surface area contributed by atoms with Gasteiger partial charge in [0.25, 0.3) is 5.56 Å². The Kier molecular flexibility index (Phi) is 5.34. The van der Waals surface area contributed by atoms with Gasteiger partial charge in [-0.1, -0.05) is 67.4 Å². The quantitative estimate of drug-likeness (QED) is 0.355. The van der Waals surface area contributed by atoms with Gasteiger partial charge in [-0.3, -0.25) is 24.3 Å². The van der Waals surface area contributed by atoms with E-state index in [0.717, 1.165) is 5.56 Å². The van der Waals surface area contributed by atoms with Crippen LogP contribution in [0.5, 0.6) is 0 Å². The number of aromatic nitrogens is 2. The second-order valence-corrected chi connectivity index (χ2v) is 11.8. The molecule has 4 atom stereocenters. The molecule has 7 rings (SSSR count). The number of rotatable bonds is 3. The lowest BCUT2D eigenvalue weighted by atomic mass is 9.75. The first kappa shape index (κ1) is 24.5. The van der Waals surface area contributed by atoms with E-state index in [1.807, 2.05) is 36.4 Å². The van der Waals surface area contributed by atoms with Crippen LogP contribution in [0.25, 0.3) is 16.6 Å². The number of nitrogens with one attached hydrogen (secondary N) is 1. The number of benzene rings is 3. The van der Waals surface area contributed by atoms with E-state index in [2.05, 4.69) is 19.2 Å². The molecule has 3 aliphatic rings. The lowest BCUT2D eigenvalue weighted by Crippen LogP contribution is -2.50. The number of hydrogen-bond donors (Lipinski definition) is 1. The van der Waals surface area contributed by atoms with Gasteiger partial charge in [-0.05, 0) is 48.7 Å². The Bertz CT molecular complexity index is 1760. The first-order chi connectivity index (χ1) is 18.7. The highest BCUT2D eigenvalue weighted by atomic mass is 35.5. The molecule has 9 heteroatoms. The van der Waals surface area contributed by atoms with Crippen LogP contribution in [0.2, 0.25) is 10.0 Å². The Morgan fingerprint density at radius 3 is 2.38 bits per heavy atom. The summed E-state index contributed by atoms with van der Waals surface area (Å²) in [4.78, 5) is 48.7. The summed E-state index contributed by atoms with van der Waals surface area (Å²) in [6.07, 6.45) is 0.659. The summed E-state index contributed by atoms with van der Waals surface area (Å²) in [5, 5.41) is 4.87. The fourth-order valence-electron chi connectivity index (χ4n) is 6.85. The molecular formula is C30H24Cl2N4O3. The number of amides is 2. The van der Waals surface area contributed by atoms with Crippen LogP contribution in [0.15, 0.2) is 71.5 Å². The summed E-state index contributed by atoms with van der Waals surface area (Å²) < 4.78 is 1.61. The summed E-state index contributed by atoms with van der Waals surface area (Å²) in [5.41, 5.74) is 0.927. The topological polar surface area (TPSA) is 84.3 Å². The fourth-order valence-corrected chi connectivity index (χ4v) is 7.37. The first-order valence-electron chi connectivity index (χ1n) is 13.0. The molecule has 0 radical (unpaired) electrons. The molecule has 39 heavy (non-hydrogen) atoms. The highest BCUT2D eigenvalue weighted by molar-refractivity contribution is 6.35. The van der Waals surface area contributed by atoms with E-state index < -0.39 is 17.4 Å². The predicted molar refractivity (Wildman–Crippen MR) is 150 cm³/mol. The van der Waals surface area contributed by atoms with Crippen LogP contribution in [-0.4, -0.2) is 27.4 Å². The van der Waals surface area contributed by atoms with Gasteiger partial charge in [0, 0.05) is 21.7 Å². The van der Waals surface area contributed by atoms with E-state index in [9.17, 15) is 14.4 Å². The van der Waals surface area contributed by atoms with Crippen molar-refractivity contribution in [3.63, 3.8) is 0 Å². The highest BCUT2D eigenvalue weighted by Gasteiger charge is 2.69. The van der Waals surface area contributed by atoms with Gasteiger partial charge in [0.1, 0.15) is 11.4 Å². The average Bonchev–Trinajstić information content (AvgIpc) is 3.46. The van der Waals surface area contributed by atoms with Crippen molar-refractivity contribution in [1.82, 2.24) is 14.9 Å². The zero-order chi connectivity index (χ0) is 27.2. The van der Waals surface area contributed by atoms with Crippen LogP contribution < -0.4 is 15.8 Å². The molecular weight excluding hydrogens is 535 g/mol. The Hall–Kier alpha value is -3.52. The van der Waals surface area contributed by atoms with Crippen molar-refractivity contribution >= 4 is 51.6 Å². The molecule has 0 bridgehead atoms. The molecule has 1 N–H and O–H groups in total. The molecule has 2 amide bonds. The van der Waals surface area contributed by atoms with Crippen LogP contribution in [0.1, 0.15) is 31.7 Å². The first-order valence-corrected chi connectivity index (χ1v) is 13.7. The number of fused-ring (bicyclic) bond motifs is 8. The van der Waals surface area contributed by atoms with Gasteiger partial charge in [0.05, 0.1) is 34.1 Å². The minimum absolute atomic E-state index is 0.208. The molecule has 0 aliphatic carbocycles. The maximum absolute atomic E-state index is 14.4. The third-order valence-electron chi connectivity index (χ3n) is 8.19. The van der Waals surface area contributed by atoms with Crippen LogP contribution in [-0.2, 0) is 15.1 Å². The molecule has 3 aliphatic heterocycles. The molecule has 7 nitrogen and oxygen atoms in total. The maximum atomic E-state index is 14.4. The van der Waals surface area contributed by atoms with Crippen molar-refractivity contribution in [2.24, 2.45) is 17.8 Å². The van der Waals surface area contributed by atoms with E-state index in [-0.39, 0.29) is 29.3 Å². The number of halogens is 2. The summed E-state index contributed by atoms with van der Waals surface area (Å²) in [6.45, 7) is 4.18.